The number of nitrogen functional groups attached to an aromatic ring is 1. The monoisotopic (exact) mass is 270 g/mol. The summed E-state index contributed by atoms with van der Waals surface area (Å²) in [5.41, 5.74) is 5.88. The molecule has 1 aromatic heterocycles. The second kappa shape index (κ2) is 5.44. The first-order valence-electron chi connectivity index (χ1n) is 5.69. The summed E-state index contributed by atoms with van der Waals surface area (Å²) in [6.07, 6.45) is 0. The molecule has 1 aromatic rings. The normalized spacial score (nSPS) is 12.9. The fourth-order valence-electron chi connectivity index (χ4n) is 1.36. The number of halogens is 1. The molecule has 1 unspecified atom stereocenters. The van der Waals surface area contributed by atoms with Crippen LogP contribution in [0.5, 0.6) is 0 Å². The SMILES string of the molecule is CC(Nc1cc(N)cc(Cl)n1)C(=O)NC(C)(C)C. The average molecular weight is 271 g/mol. The summed E-state index contributed by atoms with van der Waals surface area (Å²) in [7, 11) is 0. The number of carbonyl (C=O) groups is 1. The molecule has 5 nitrogen and oxygen atoms in total. The van der Waals surface area contributed by atoms with Gasteiger partial charge in [-0.3, -0.25) is 4.79 Å². The van der Waals surface area contributed by atoms with Crippen molar-refractivity contribution < 1.29 is 4.79 Å². The minimum absolute atomic E-state index is 0.108. The number of rotatable bonds is 3. The quantitative estimate of drug-likeness (QED) is 0.734. The van der Waals surface area contributed by atoms with E-state index >= 15 is 0 Å². The minimum Gasteiger partial charge on any atom is -0.399 e. The number of anilines is 2. The highest BCUT2D eigenvalue weighted by Crippen LogP contribution is 2.16. The Bertz CT molecular complexity index is 422. The summed E-state index contributed by atoms with van der Waals surface area (Å²) in [4.78, 5) is 15.9. The van der Waals surface area contributed by atoms with Crippen molar-refractivity contribution in [1.29, 1.82) is 0 Å². The van der Waals surface area contributed by atoms with Gasteiger partial charge in [0, 0.05) is 17.3 Å². The Labute approximate surface area is 112 Å². The Balaban J connectivity index is 2.69. The van der Waals surface area contributed by atoms with E-state index in [4.69, 9.17) is 17.3 Å². The molecule has 0 aliphatic rings. The van der Waals surface area contributed by atoms with E-state index in [0.29, 0.717) is 16.7 Å². The van der Waals surface area contributed by atoms with Gasteiger partial charge in [-0.25, -0.2) is 4.98 Å². The molecule has 0 spiro atoms. The second-order valence-electron chi connectivity index (χ2n) is 5.21. The summed E-state index contributed by atoms with van der Waals surface area (Å²) in [5, 5.41) is 6.13. The van der Waals surface area contributed by atoms with Crippen molar-refractivity contribution in [2.24, 2.45) is 0 Å². The first-order chi connectivity index (χ1) is 8.17. The van der Waals surface area contributed by atoms with Crippen LogP contribution in [0, 0.1) is 0 Å². The van der Waals surface area contributed by atoms with Crippen LogP contribution in [0.15, 0.2) is 12.1 Å². The molecule has 0 aliphatic carbocycles. The molecule has 6 heteroatoms. The molecule has 0 bridgehead atoms. The van der Waals surface area contributed by atoms with Gasteiger partial charge in [-0.1, -0.05) is 11.6 Å². The van der Waals surface area contributed by atoms with Crippen LogP contribution < -0.4 is 16.4 Å². The largest absolute Gasteiger partial charge is 0.399 e. The molecular weight excluding hydrogens is 252 g/mol. The van der Waals surface area contributed by atoms with Crippen LogP contribution >= 0.6 is 11.6 Å². The van der Waals surface area contributed by atoms with E-state index in [-0.39, 0.29) is 11.4 Å². The van der Waals surface area contributed by atoms with Crippen molar-refractivity contribution in [3.8, 4) is 0 Å². The number of amides is 1. The maximum absolute atomic E-state index is 11.9. The molecule has 18 heavy (non-hydrogen) atoms. The zero-order chi connectivity index (χ0) is 13.9. The lowest BCUT2D eigenvalue weighted by Crippen LogP contribution is -2.47. The van der Waals surface area contributed by atoms with Gasteiger partial charge in [-0.05, 0) is 33.8 Å². The molecule has 0 saturated heterocycles. The van der Waals surface area contributed by atoms with Crippen molar-refractivity contribution >= 4 is 29.0 Å². The van der Waals surface area contributed by atoms with Gasteiger partial charge >= 0.3 is 0 Å². The van der Waals surface area contributed by atoms with Crippen LogP contribution in [0.4, 0.5) is 11.5 Å². The van der Waals surface area contributed by atoms with Gasteiger partial charge in [0.05, 0.1) is 0 Å². The van der Waals surface area contributed by atoms with Crippen molar-refractivity contribution in [1.82, 2.24) is 10.3 Å². The number of nitrogens with one attached hydrogen (secondary N) is 2. The Morgan fingerprint density at radius 3 is 2.56 bits per heavy atom. The Hall–Kier alpha value is -1.49. The van der Waals surface area contributed by atoms with E-state index in [1.807, 2.05) is 20.8 Å². The number of aromatic nitrogens is 1. The van der Waals surface area contributed by atoms with Crippen molar-refractivity contribution in [2.75, 3.05) is 11.1 Å². The van der Waals surface area contributed by atoms with Crippen LogP contribution in [0.3, 0.4) is 0 Å². The zero-order valence-electron chi connectivity index (χ0n) is 11.0. The number of hydrogen-bond donors (Lipinski definition) is 3. The number of carbonyl (C=O) groups excluding carboxylic acids is 1. The number of nitrogens with two attached hydrogens (primary N) is 1. The first kappa shape index (κ1) is 14.6. The maximum atomic E-state index is 11.9. The van der Waals surface area contributed by atoms with Gasteiger partial charge in [0.25, 0.3) is 0 Å². The van der Waals surface area contributed by atoms with Crippen molar-refractivity contribution in [3.63, 3.8) is 0 Å². The van der Waals surface area contributed by atoms with E-state index in [0.717, 1.165) is 0 Å². The molecule has 0 aliphatic heterocycles. The minimum atomic E-state index is -0.422. The molecule has 1 amide bonds. The van der Waals surface area contributed by atoms with Crippen LogP contribution in [-0.2, 0) is 4.79 Å². The lowest BCUT2D eigenvalue weighted by Gasteiger charge is -2.24. The van der Waals surface area contributed by atoms with Gasteiger partial charge in [0.2, 0.25) is 5.91 Å². The Morgan fingerprint density at radius 1 is 1.44 bits per heavy atom. The summed E-state index contributed by atoms with van der Waals surface area (Å²) in [5.74, 6) is 0.374. The fraction of sp³-hybridized carbons (Fsp3) is 0.500. The highest BCUT2D eigenvalue weighted by molar-refractivity contribution is 6.29. The van der Waals surface area contributed by atoms with E-state index in [1.54, 1.807) is 19.1 Å². The highest BCUT2D eigenvalue weighted by Gasteiger charge is 2.19. The number of pyridine rings is 1. The maximum Gasteiger partial charge on any atom is 0.242 e. The van der Waals surface area contributed by atoms with Crippen molar-refractivity contribution in [2.45, 2.75) is 39.3 Å². The molecule has 0 aromatic carbocycles. The summed E-state index contributed by atoms with van der Waals surface area (Å²) in [6.45, 7) is 7.52. The zero-order valence-corrected chi connectivity index (χ0v) is 11.8. The third-order valence-electron chi connectivity index (χ3n) is 2.07. The molecule has 0 saturated carbocycles. The first-order valence-corrected chi connectivity index (χ1v) is 6.07. The van der Waals surface area contributed by atoms with E-state index in [9.17, 15) is 4.79 Å². The molecule has 1 rings (SSSR count). The lowest BCUT2D eigenvalue weighted by molar-refractivity contribution is -0.122. The number of nitrogens with zero attached hydrogens (tertiary/aromatic N) is 1. The molecule has 0 radical (unpaired) electrons. The fourth-order valence-corrected chi connectivity index (χ4v) is 1.57. The van der Waals surface area contributed by atoms with Gasteiger partial charge in [0.15, 0.2) is 0 Å². The summed E-state index contributed by atoms with van der Waals surface area (Å²) < 4.78 is 0. The van der Waals surface area contributed by atoms with E-state index < -0.39 is 6.04 Å². The van der Waals surface area contributed by atoms with Crippen LogP contribution in [-0.4, -0.2) is 22.5 Å². The topological polar surface area (TPSA) is 80.0 Å². The second-order valence-corrected chi connectivity index (χ2v) is 5.60. The predicted octanol–water partition coefficient (Wildman–Crippen LogP) is 2.03. The van der Waals surface area contributed by atoms with Gasteiger partial charge in [-0.15, -0.1) is 0 Å². The predicted molar refractivity (Wildman–Crippen MR) is 74.6 cm³/mol. The van der Waals surface area contributed by atoms with Crippen LogP contribution in [0.1, 0.15) is 27.7 Å². The Kier molecular flexibility index (Phi) is 4.40. The summed E-state index contributed by atoms with van der Waals surface area (Å²) >= 11 is 5.79. The molecule has 100 valence electrons. The molecular formula is C12H19ClN4O. The molecule has 4 N–H and O–H groups in total. The average Bonchev–Trinajstić information content (AvgIpc) is 2.12. The smallest absolute Gasteiger partial charge is 0.242 e. The van der Waals surface area contributed by atoms with E-state index in [1.165, 1.54) is 0 Å². The summed E-state index contributed by atoms with van der Waals surface area (Å²) in [6, 6.07) is 2.76. The highest BCUT2D eigenvalue weighted by atomic mass is 35.5. The molecule has 1 heterocycles. The van der Waals surface area contributed by atoms with Gasteiger partial charge in [-0.2, -0.15) is 0 Å². The third-order valence-corrected chi connectivity index (χ3v) is 2.27. The van der Waals surface area contributed by atoms with E-state index in [2.05, 4.69) is 15.6 Å². The molecule has 0 fully saturated rings. The number of hydrogen-bond acceptors (Lipinski definition) is 4. The van der Waals surface area contributed by atoms with Crippen LogP contribution in [0.2, 0.25) is 5.15 Å². The Morgan fingerprint density at radius 2 is 2.06 bits per heavy atom. The lowest BCUT2D eigenvalue weighted by atomic mass is 10.1. The van der Waals surface area contributed by atoms with Crippen LogP contribution in [0.25, 0.3) is 0 Å². The van der Waals surface area contributed by atoms with Gasteiger partial charge < -0.3 is 16.4 Å². The third kappa shape index (κ3) is 4.79. The standard InChI is InChI=1S/C12H19ClN4O/c1-7(11(18)17-12(2,3)4)15-10-6-8(14)5-9(13)16-10/h5-7H,1-4H3,(H,17,18)(H3,14,15,16). The van der Waals surface area contributed by atoms with Gasteiger partial charge in [0.1, 0.15) is 17.0 Å². The molecule has 1 atom stereocenters. The van der Waals surface area contributed by atoms with Crippen molar-refractivity contribution in [3.05, 3.63) is 17.3 Å².